The number of aromatic nitrogens is 3. The van der Waals surface area contributed by atoms with Crippen molar-refractivity contribution >= 4 is 39.3 Å². The molecule has 1 heterocycles. The predicted molar refractivity (Wildman–Crippen MR) is 106 cm³/mol. The van der Waals surface area contributed by atoms with Crippen molar-refractivity contribution in [3.05, 3.63) is 53.0 Å². The van der Waals surface area contributed by atoms with Crippen LogP contribution in [0.2, 0.25) is 0 Å². The summed E-state index contributed by atoms with van der Waals surface area (Å²) in [5.74, 6) is 1.67. The fourth-order valence-electron chi connectivity index (χ4n) is 2.31. The number of methoxy groups -OCH3 is 1. The van der Waals surface area contributed by atoms with Gasteiger partial charge in [-0.15, -0.1) is 10.2 Å². The zero-order valence-corrected chi connectivity index (χ0v) is 16.7. The molecule has 0 saturated carbocycles. The highest BCUT2D eigenvalue weighted by molar-refractivity contribution is 9.10. The maximum Gasteiger partial charge on any atom is 0.234 e. The van der Waals surface area contributed by atoms with E-state index in [4.69, 9.17) is 4.74 Å². The normalized spacial score (nSPS) is 10.6. The van der Waals surface area contributed by atoms with Crippen molar-refractivity contribution < 1.29 is 9.53 Å². The zero-order valence-electron chi connectivity index (χ0n) is 14.3. The largest absolute Gasteiger partial charge is 0.497 e. The van der Waals surface area contributed by atoms with Gasteiger partial charge in [-0.2, -0.15) is 0 Å². The second-order valence-electron chi connectivity index (χ2n) is 5.41. The summed E-state index contributed by atoms with van der Waals surface area (Å²) < 4.78 is 7.89. The number of benzene rings is 2. The first kappa shape index (κ1) is 18.5. The van der Waals surface area contributed by atoms with Crippen molar-refractivity contribution in [3.63, 3.8) is 0 Å². The third kappa shape index (κ3) is 4.25. The molecular weight excluding hydrogens is 416 g/mol. The maximum atomic E-state index is 12.2. The number of amides is 1. The number of halogens is 1. The number of thioether (sulfide) groups is 1. The molecule has 26 heavy (non-hydrogen) atoms. The first-order valence-corrected chi connectivity index (χ1v) is 9.57. The highest BCUT2D eigenvalue weighted by Crippen LogP contribution is 2.25. The summed E-state index contributed by atoms with van der Waals surface area (Å²) >= 11 is 4.76. The molecule has 0 bridgehead atoms. The average Bonchev–Trinajstić information content (AvgIpc) is 3.02. The van der Waals surface area contributed by atoms with Gasteiger partial charge in [-0.25, -0.2) is 0 Å². The number of rotatable bonds is 6. The average molecular weight is 433 g/mol. The lowest BCUT2D eigenvalue weighted by Crippen LogP contribution is -2.14. The molecule has 6 nitrogen and oxygen atoms in total. The van der Waals surface area contributed by atoms with Crippen molar-refractivity contribution in [2.24, 2.45) is 7.05 Å². The summed E-state index contributed by atoms with van der Waals surface area (Å²) in [4.78, 5) is 12.2. The van der Waals surface area contributed by atoms with Crippen LogP contribution in [0, 0.1) is 0 Å². The van der Waals surface area contributed by atoms with Gasteiger partial charge in [-0.3, -0.25) is 4.79 Å². The number of nitrogens with one attached hydrogen (secondary N) is 1. The van der Waals surface area contributed by atoms with Crippen LogP contribution >= 0.6 is 27.7 Å². The van der Waals surface area contributed by atoms with Gasteiger partial charge in [0.05, 0.1) is 18.6 Å². The van der Waals surface area contributed by atoms with E-state index >= 15 is 0 Å². The zero-order chi connectivity index (χ0) is 18.5. The Morgan fingerprint density at radius 2 is 1.92 bits per heavy atom. The van der Waals surface area contributed by atoms with Gasteiger partial charge in [0.15, 0.2) is 11.0 Å². The molecule has 0 unspecified atom stereocenters. The van der Waals surface area contributed by atoms with E-state index in [0.29, 0.717) is 5.16 Å². The van der Waals surface area contributed by atoms with Crippen LogP contribution in [-0.4, -0.2) is 33.5 Å². The molecule has 0 aliphatic rings. The summed E-state index contributed by atoms with van der Waals surface area (Å²) in [6, 6.07) is 15.1. The van der Waals surface area contributed by atoms with Crippen molar-refractivity contribution in [1.82, 2.24) is 14.8 Å². The minimum atomic E-state index is -0.101. The molecule has 3 aromatic rings. The SMILES string of the molecule is COc1ccc(-c2nnc(SCC(=O)Nc3ccccc3Br)n2C)cc1. The van der Waals surface area contributed by atoms with Gasteiger partial charge in [-0.05, 0) is 52.3 Å². The lowest BCUT2D eigenvalue weighted by molar-refractivity contribution is -0.113. The van der Waals surface area contributed by atoms with Crippen molar-refractivity contribution in [3.8, 4) is 17.1 Å². The first-order valence-electron chi connectivity index (χ1n) is 7.79. The van der Waals surface area contributed by atoms with Crippen LogP contribution in [0.4, 0.5) is 5.69 Å². The van der Waals surface area contributed by atoms with Gasteiger partial charge in [0.2, 0.25) is 5.91 Å². The molecule has 1 aromatic heterocycles. The van der Waals surface area contributed by atoms with Crippen LogP contribution in [0.3, 0.4) is 0 Å². The standard InChI is InChI=1S/C18H17BrN4O2S/c1-23-17(12-7-9-13(25-2)10-8-12)21-22-18(23)26-11-16(24)20-15-6-4-3-5-14(15)19/h3-10H,11H2,1-2H3,(H,20,24). The number of hydrogen-bond acceptors (Lipinski definition) is 5. The molecule has 0 fully saturated rings. The van der Waals surface area contributed by atoms with E-state index in [-0.39, 0.29) is 11.7 Å². The maximum absolute atomic E-state index is 12.2. The van der Waals surface area contributed by atoms with E-state index in [0.717, 1.165) is 27.3 Å². The van der Waals surface area contributed by atoms with Gasteiger partial charge in [-0.1, -0.05) is 23.9 Å². The number of hydrogen-bond donors (Lipinski definition) is 1. The number of anilines is 1. The second kappa shape index (κ2) is 8.37. The summed E-state index contributed by atoms with van der Waals surface area (Å²) in [5.41, 5.74) is 1.68. The van der Waals surface area contributed by atoms with E-state index in [1.165, 1.54) is 11.8 Å². The smallest absolute Gasteiger partial charge is 0.234 e. The lowest BCUT2D eigenvalue weighted by Gasteiger charge is -2.07. The van der Waals surface area contributed by atoms with Gasteiger partial charge < -0.3 is 14.6 Å². The summed E-state index contributed by atoms with van der Waals surface area (Å²) in [6.07, 6.45) is 0. The van der Waals surface area contributed by atoms with Gasteiger partial charge in [0.25, 0.3) is 0 Å². The Labute approximate surface area is 164 Å². The molecule has 1 N–H and O–H groups in total. The molecular formula is C18H17BrN4O2S. The van der Waals surface area contributed by atoms with E-state index in [1.807, 2.05) is 60.1 Å². The molecule has 3 rings (SSSR count). The van der Waals surface area contributed by atoms with Crippen molar-refractivity contribution in [2.45, 2.75) is 5.16 Å². The fourth-order valence-corrected chi connectivity index (χ4v) is 3.41. The number of carbonyl (C=O) groups is 1. The van der Waals surface area contributed by atoms with Crippen LogP contribution in [0.15, 0.2) is 58.2 Å². The molecule has 0 radical (unpaired) electrons. The highest BCUT2D eigenvalue weighted by Gasteiger charge is 2.13. The molecule has 134 valence electrons. The van der Waals surface area contributed by atoms with Crippen LogP contribution in [0.1, 0.15) is 0 Å². The van der Waals surface area contributed by atoms with E-state index in [2.05, 4.69) is 31.4 Å². The number of nitrogens with zero attached hydrogens (tertiary/aromatic N) is 3. The van der Waals surface area contributed by atoms with Crippen molar-refractivity contribution in [1.29, 1.82) is 0 Å². The molecule has 0 aliphatic heterocycles. The summed E-state index contributed by atoms with van der Waals surface area (Å²) in [6.45, 7) is 0. The number of carbonyl (C=O) groups excluding carboxylic acids is 1. The highest BCUT2D eigenvalue weighted by atomic mass is 79.9. The number of para-hydroxylation sites is 1. The van der Waals surface area contributed by atoms with Crippen LogP contribution in [-0.2, 0) is 11.8 Å². The topological polar surface area (TPSA) is 69.0 Å². The first-order chi connectivity index (χ1) is 12.6. The fraction of sp³-hybridized carbons (Fsp3) is 0.167. The van der Waals surface area contributed by atoms with Gasteiger partial charge in [0.1, 0.15) is 5.75 Å². The molecule has 0 saturated heterocycles. The monoisotopic (exact) mass is 432 g/mol. The summed E-state index contributed by atoms with van der Waals surface area (Å²) in [7, 11) is 3.51. The quantitative estimate of drug-likeness (QED) is 0.596. The van der Waals surface area contributed by atoms with E-state index in [9.17, 15) is 4.79 Å². The molecule has 0 spiro atoms. The Morgan fingerprint density at radius 1 is 1.19 bits per heavy atom. The van der Waals surface area contributed by atoms with E-state index < -0.39 is 0 Å². The Balaban J connectivity index is 1.64. The molecule has 0 atom stereocenters. The Bertz CT molecular complexity index is 912. The molecule has 0 aliphatic carbocycles. The predicted octanol–water partition coefficient (Wildman–Crippen LogP) is 3.98. The molecule has 1 amide bonds. The second-order valence-corrected chi connectivity index (χ2v) is 7.21. The van der Waals surface area contributed by atoms with Gasteiger partial charge in [0, 0.05) is 17.1 Å². The summed E-state index contributed by atoms with van der Waals surface area (Å²) in [5, 5.41) is 12.0. The minimum absolute atomic E-state index is 0.101. The third-order valence-corrected chi connectivity index (χ3v) is 5.38. The lowest BCUT2D eigenvalue weighted by atomic mass is 10.2. The Kier molecular flexibility index (Phi) is 5.95. The van der Waals surface area contributed by atoms with Crippen molar-refractivity contribution in [2.75, 3.05) is 18.2 Å². The molecule has 8 heteroatoms. The van der Waals surface area contributed by atoms with Gasteiger partial charge >= 0.3 is 0 Å². The third-order valence-electron chi connectivity index (χ3n) is 3.66. The van der Waals surface area contributed by atoms with Crippen LogP contribution in [0.5, 0.6) is 5.75 Å². The Morgan fingerprint density at radius 3 is 2.62 bits per heavy atom. The number of ether oxygens (including phenoxy) is 1. The molecule has 2 aromatic carbocycles. The van der Waals surface area contributed by atoms with E-state index in [1.54, 1.807) is 7.11 Å². The minimum Gasteiger partial charge on any atom is -0.497 e. The van der Waals surface area contributed by atoms with Crippen LogP contribution < -0.4 is 10.1 Å². The Hall–Kier alpha value is -2.32. The van der Waals surface area contributed by atoms with Crippen LogP contribution in [0.25, 0.3) is 11.4 Å².